The molecule has 24 heavy (non-hydrogen) atoms. The van der Waals surface area contributed by atoms with E-state index in [1.165, 1.54) is 19.3 Å². The fourth-order valence-corrected chi connectivity index (χ4v) is 2.91. The van der Waals surface area contributed by atoms with Crippen molar-refractivity contribution in [3.63, 3.8) is 0 Å². The van der Waals surface area contributed by atoms with Crippen LogP contribution >= 0.6 is 0 Å². The van der Waals surface area contributed by atoms with Crippen molar-refractivity contribution in [2.45, 2.75) is 110 Å². The van der Waals surface area contributed by atoms with E-state index < -0.39 is 11.8 Å². The molecule has 1 fully saturated rings. The molecule has 140 valence electrons. The summed E-state index contributed by atoms with van der Waals surface area (Å²) in [5.41, 5.74) is -0.535. The second kappa shape index (κ2) is 10.8. The highest BCUT2D eigenvalue weighted by Gasteiger charge is 2.34. The van der Waals surface area contributed by atoms with Gasteiger partial charge in [0.1, 0.15) is 11.7 Å². The van der Waals surface area contributed by atoms with E-state index in [4.69, 9.17) is 14.2 Å². The summed E-state index contributed by atoms with van der Waals surface area (Å²) in [6.07, 6.45) is 12.0. The standard InChI is InChI=1S/C20H36O4/c1-6-8-10-12-16-14-15-18(17(22-16)13-11-9-7-2)23-19(21)24-20(3,4)5/h9,11,16-18H,6-8,10,12-15H2,1-5H3. The highest BCUT2D eigenvalue weighted by atomic mass is 16.7. The van der Waals surface area contributed by atoms with Gasteiger partial charge < -0.3 is 14.2 Å². The molecule has 0 bridgehead atoms. The minimum atomic E-state index is -0.593. The molecule has 1 aliphatic heterocycles. The summed E-state index contributed by atoms with van der Waals surface area (Å²) >= 11 is 0. The molecule has 0 spiro atoms. The Morgan fingerprint density at radius 2 is 1.92 bits per heavy atom. The first kappa shape index (κ1) is 21.0. The number of carbonyl (C=O) groups excluding carboxylic acids is 1. The van der Waals surface area contributed by atoms with E-state index in [9.17, 15) is 4.79 Å². The maximum Gasteiger partial charge on any atom is 0.509 e. The van der Waals surface area contributed by atoms with E-state index in [2.05, 4.69) is 26.0 Å². The largest absolute Gasteiger partial charge is 0.509 e. The van der Waals surface area contributed by atoms with Crippen molar-refractivity contribution >= 4 is 6.16 Å². The van der Waals surface area contributed by atoms with Crippen molar-refractivity contribution in [3.8, 4) is 0 Å². The van der Waals surface area contributed by atoms with E-state index in [0.29, 0.717) is 0 Å². The van der Waals surface area contributed by atoms with Crippen LogP contribution in [0, 0.1) is 0 Å². The van der Waals surface area contributed by atoms with Gasteiger partial charge in [-0.15, -0.1) is 0 Å². The van der Waals surface area contributed by atoms with Crippen LogP contribution in [0.15, 0.2) is 12.2 Å². The smallest absolute Gasteiger partial charge is 0.429 e. The number of rotatable bonds is 8. The fourth-order valence-electron chi connectivity index (χ4n) is 2.91. The van der Waals surface area contributed by atoms with Crippen LogP contribution in [0.3, 0.4) is 0 Å². The van der Waals surface area contributed by atoms with Gasteiger partial charge in [-0.1, -0.05) is 45.3 Å². The summed E-state index contributed by atoms with van der Waals surface area (Å²) in [7, 11) is 0. The highest BCUT2D eigenvalue weighted by molar-refractivity contribution is 5.60. The van der Waals surface area contributed by atoms with Gasteiger partial charge in [0.2, 0.25) is 0 Å². The Hall–Kier alpha value is -1.03. The van der Waals surface area contributed by atoms with Gasteiger partial charge in [-0.2, -0.15) is 0 Å². The molecule has 0 radical (unpaired) electrons. The summed E-state index contributed by atoms with van der Waals surface area (Å²) in [5.74, 6) is 0. The first-order chi connectivity index (χ1) is 11.4. The molecule has 1 heterocycles. The lowest BCUT2D eigenvalue weighted by Crippen LogP contribution is -2.42. The van der Waals surface area contributed by atoms with Crippen LogP contribution < -0.4 is 0 Å². The fraction of sp³-hybridized carbons (Fsp3) is 0.850. The molecule has 1 aliphatic rings. The highest BCUT2D eigenvalue weighted by Crippen LogP contribution is 2.28. The maximum atomic E-state index is 12.0. The normalized spacial score (nSPS) is 25.0. The molecule has 3 atom stereocenters. The summed E-state index contributed by atoms with van der Waals surface area (Å²) in [5, 5.41) is 0. The van der Waals surface area contributed by atoms with Crippen LogP contribution in [0.4, 0.5) is 4.79 Å². The molecule has 4 heteroatoms. The third kappa shape index (κ3) is 8.72. The van der Waals surface area contributed by atoms with E-state index >= 15 is 0 Å². The Bertz CT molecular complexity index is 384. The maximum absolute atomic E-state index is 12.0. The van der Waals surface area contributed by atoms with Crippen molar-refractivity contribution in [2.75, 3.05) is 0 Å². The van der Waals surface area contributed by atoms with Gasteiger partial charge in [0, 0.05) is 0 Å². The molecule has 0 aromatic carbocycles. The predicted octanol–water partition coefficient (Wildman–Crippen LogP) is 5.79. The molecule has 0 aliphatic carbocycles. The minimum absolute atomic E-state index is 0.0688. The quantitative estimate of drug-likeness (QED) is 0.319. The average molecular weight is 341 g/mol. The Kier molecular flexibility index (Phi) is 9.42. The Morgan fingerprint density at radius 3 is 2.54 bits per heavy atom. The number of unbranched alkanes of at least 4 members (excludes halogenated alkanes) is 2. The minimum Gasteiger partial charge on any atom is -0.429 e. The molecular weight excluding hydrogens is 304 g/mol. The molecule has 0 aromatic heterocycles. The number of hydrogen-bond donors (Lipinski definition) is 0. The molecular formula is C20H36O4. The number of carbonyl (C=O) groups is 1. The third-order valence-corrected chi connectivity index (χ3v) is 4.09. The SMILES string of the molecule is CCC=CCC1OC(CCCCC)CCC1OC(=O)OC(C)(C)C. The molecule has 1 rings (SSSR count). The average Bonchev–Trinajstić information content (AvgIpc) is 2.48. The van der Waals surface area contributed by atoms with E-state index in [-0.39, 0.29) is 18.3 Å². The van der Waals surface area contributed by atoms with Crippen molar-refractivity contribution in [2.24, 2.45) is 0 Å². The zero-order valence-electron chi connectivity index (χ0n) is 16.2. The summed E-state index contributed by atoms with van der Waals surface area (Å²) in [6, 6.07) is 0. The second-order valence-electron chi connectivity index (χ2n) is 7.61. The molecule has 0 aromatic rings. The zero-order chi connectivity index (χ0) is 18.0. The Labute approximate surface area is 147 Å². The van der Waals surface area contributed by atoms with Crippen LogP contribution in [0.1, 0.15) is 86.0 Å². The number of allylic oxidation sites excluding steroid dienone is 1. The second-order valence-corrected chi connectivity index (χ2v) is 7.61. The molecule has 0 N–H and O–H groups in total. The molecule has 0 saturated carbocycles. The van der Waals surface area contributed by atoms with Crippen molar-refractivity contribution < 1.29 is 19.0 Å². The van der Waals surface area contributed by atoms with E-state index in [1.807, 2.05) is 20.8 Å². The molecule has 1 saturated heterocycles. The predicted molar refractivity (Wildman–Crippen MR) is 97.2 cm³/mol. The van der Waals surface area contributed by atoms with Gasteiger partial charge in [-0.05, 0) is 52.9 Å². The Morgan fingerprint density at radius 1 is 1.17 bits per heavy atom. The van der Waals surface area contributed by atoms with Gasteiger partial charge in [0.05, 0.1) is 12.2 Å². The lowest BCUT2D eigenvalue weighted by atomic mass is 9.95. The van der Waals surface area contributed by atoms with Crippen LogP contribution in [-0.2, 0) is 14.2 Å². The van der Waals surface area contributed by atoms with Crippen LogP contribution in [-0.4, -0.2) is 30.1 Å². The molecule has 4 nitrogen and oxygen atoms in total. The van der Waals surface area contributed by atoms with E-state index in [1.54, 1.807) is 0 Å². The number of ether oxygens (including phenoxy) is 3. The van der Waals surface area contributed by atoms with Crippen molar-refractivity contribution in [3.05, 3.63) is 12.2 Å². The topological polar surface area (TPSA) is 44.8 Å². The summed E-state index contributed by atoms with van der Waals surface area (Å²) in [4.78, 5) is 12.0. The summed E-state index contributed by atoms with van der Waals surface area (Å²) in [6.45, 7) is 9.86. The lowest BCUT2D eigenvalue weighted by Gasteiger charge is -2.36. The lowest BCUT2D eigenvalue weighted by molar-refractivity contribution is -0.134. The van der Waals surface area contributed by atoms with Crippen molar-refractivity contribution in [1.82, 2.24) is 0 Å². The third-order valence-electron chi connectivity index (χ3n) is 4.09. The monoisotopic (exact) mass is 340 g/mol. The molecule has 3 unspecified atom stereocenters. The number of hydrogen-bond acceptors (Lipinski definition) is 4. The van der Waals surface area contributed by atoms with Gasteiger partial charge in [-0.3, -0.25) is 0 Å². The molecule has 0 amide bonds. The first-order valence-corrected chi connectivity index (χ1v) is 9.55. The zero-order valence-corrected chi connectivity index (χ0v) is 16.2. The first-order valence-electron chi connectivity index (χ1n) is 9.55. The Balaban J connectivity index is 2.58. The van der Waals surface area contributed by atoms with Crippen LogP contribution in [0.5, 0.6) is 0 Å². The van der Waals surface area contributed by atoms with Gasteiger partial charge in [0.15, 0.2) is 0 Å². The van der Waals surface area contributed by atoms with Crippen LogP contribution in [0.25, 0.3) is 0 Å². The van der Waals surface area contributed by atoms with E-state index in [0.717, 1.165) is 32.1 Å². The van der Waals surface area contributed by atoms with Crippen LogP contribution in [0.2, 0.25) is 0 Å². The van der Waals surface area contributed by atoms with Gasteiger partial charge >= 0.3 is 6.16 Å². The van der Waals surface area contributed by atoms with Gasteiger partial charge in [0.25, 0.3) is 0 Å². The summed E-state index contributed by atoms with van der Waals surface area (Å²) < 4.78 is 17.1. The van der Waals surface area contributed by atoms with Crippen molar-refractivity contribution in [1.29, 1.82) is 0 Å². The van der Waals surface area contributed by atoms with Gasteiger partial charge in [-0.25, -0.2) is 4.79 Å².